The lowest BCUT2D eigenvalue weighted by atomic mass is 9.77. The van der Waals surface area contributed by atoms with Crippen LogP contribution in [-0.2, 0) is 9.53 Å². The van der Waals surface area contributed by atoms with E-state index in [0.29, 0.717) is 13.2 Å². The SMILES string of the molecule is C=COCCCNC(=O)C1(N)CCC1. The molecule has 0 spiro atoms. The third-order valence-electron chi connectivity index (χ3n) is 2.54. The molecule has 1 rings (SSSR count). The summed E-state index contributed by atoms with van der Waals surface area (Å²) < 4.78 is 4.92. The highest BCUT2D eigenvalue weighted by molar-refractivity contribution is 5.86. The van der Waals surface area contributed by atoms with Gasteiger partial charge in [0, 0.05) is 6.54 Å². The summed E-state index contributed by atoms with van der Waals surface area (Å²) in [6.45, 7) is 4.63. The lowest BCUT2D eigenvalue weighted by molar-refractivity contribution is -0.129. The topological polar surface area (TPSA) is 64.3 Å². The standard InChI is InChI=1S/C10H18N2O2/c1-2-14-8-4-7-12-9(13)10(11)5-3-6-10/h2H,1,3-8,11H2,(H,12,13). The van der Waals surface area contributed by atoms with E-state index in [1.54, 1.807) is 0 Å². The third kappa shape index (κ3) is 2.73. The van der Waals surface area contributed by atoms with Crippen molar-refractivity contribution in [3.05, 3.63) is 12.8 Å². The minimum Gasteiger partial charge on any atom is -0.502 e. The molecule has 4 nitrogen and oxygen atoms in total. The van der Waals surface area contributed by atoms with Crippen molar-refractivity contribution < 1.29 is 9.53 Å². The second-order valence-corrected chi connectivity index (χ2v) is 3.66. The maximum absolute atomic E-state index is 11.5. The Morgan fingerprint density at radius 2 is 2.36 bits per heavy atom. The summed E-state index contributed by atoms with van der Waals surface area (Å²) in [4.78, 5) is 11.5. The molecule has 1 fully saturated rings. The molecule has 3 N–H and O–H groups in total. The predicted octanol–water partition coefficient (Wildman–Crippen LogP) is 0.534. The van der Waals surface area contributed by atoms with Gasteiger partial charge in [-0.2, -0.15) is 0 Å². The van der Waals surface area contributed by atoms with Crippen LogP contribution in [0.1, 0.15) is 25.7 Å². The molecule has 0 aromatic carbocycles. The van der Waals surface area contributed by atoms with E-state index in [9.17, 15) is 4.79 Å². The van der Waals surface area contributed by atoms with Crippen LogP contribution in [0.2, 0.25) is 0 Å². The Bertz CT molecular complexity index is 212. The average molecular weight is 198 g/mol. The molecule has 4 heteroatoms. The molecular formula is C10H18N2O2. The predicted molar refractivity (Wildman–Crippen MR) is 54.5 cm³/mol. The molecule has 0 radical (unpaired) electrons. The zero-order valence-electron chi connectivity index (χ0n) is 8.42. The van der Waals surface area contributed by atoms with Crippen LogP contribution < -0.4 is 11.1 Å². The van der Waals surface area contributed by atoms with Gasteiger partial charge < -0.3 is 15.8 Å². The normalized spacial score (nSPS) is 18.1. The molecule has 1 aliphatic rings. The first-order valence-electron chi connectivity index (χ1n) is 4.99. The summed E-state index contributed by atoms with van der Waals surface area (Å²) in [6, 6.07) is 0. The first kappa shape index (κ1) is 11.0. The second kappa shape index (κ2) is 5.00. The van der Waals surface area contributed by atoms with Crippen molar-refractivity contribution in [3.8, 4) is 0 Å². The molecule has 1 aliphatic carbocycles. The summed E-state index contributed by atoms with van der Waals surface area (Å²) in [6.07, 6.45) is 4.86. The Hall–Kier alpha value is -1.03. The number of nitrogens with one attached hydrogen (secondary N) is 1. The van der Waals surface area contributed by atoms with Crippen LogP contribution in [0.4, 0.5) is 0 Å². The van der Waals surface area contributed by atoms with Crippen LogP contribution in [0.25, 0.3) is 0 Å². The highest BCUT2D eigenvalue weighted by Crippen LogP contribution is 2.28. The highest BCUT2D eigenvalue weighted by Gasteiger charge is 2.39. The zero-order chi connectivity index (χ0) is 10.4. The first-order chi connectivity index (χ1) is 6.69. The second-order valence-electron chi connectivity index (χ2n) is 3.66. The molecule has 1 saturated carbocycles. The van der Waals surface area contributed by atoms with Gasteiger partial charge in [-0.25, -0.2) is 0 Å². The number of hydrogen-bond donors (Lipinski definition) is 2. The van der Waals surface area contributed by atoms with Crippen molar-refractivity contribution >= 4 is 5.91 Å². The molecule has 80 valence electrons. The molecule has 0 atom stereocenters. The van der Waals surface area contributed by atoms with E-state index in [1.165, 1.54) is 6.26 Å². The van der Waals surface area contributed by atoms with Gasteiger partial charge in [0.1, 0.15) is 0 Å². The average Bonchev–Trinajstić information content (AvgIpc) is 2.13. The maximum Gasteiger partial charge on any atom is 0.240 e. The Morgan fingerprint density at radius 3 is 2.86 bits per heavy atom. The van der Waals surface area contributed by atoms with Gasteiger partial charge in [-0.15, -0.1) is 0 Å². The molecule has 0 aliphatic heterocycles. The Balaban J connectivity index is 2.06. The Morgan fingerprint density at radius 1 is 1.64 bits per heavy atom. The fraction of sp³-hybridized carbons (Fsp3) is 0.700. The van der Waals surface area contributed by atoms with Crippen LogP contribution in [0.15, 0.2) is 12.8 Å². The van der Waals surface area contributed by atoms with Crippen LogP contribution in [-0.4, -0.2) is 24.6 Å². The quantitative estimate of drug-likeness (QED) is 0.483. The van der Waals surface area contributed by atoms with Gasteiger partial charge in [0.25, 0.3) is 0 Å². The number of hydrogen-bond acceptors (Lipinski definition) is 3. The summed E-state index contributed by atoms with van der Waals surface area (Å²) >= 11 is 0. The van der Waals surface area contributed by atoms with E-state index in [0.717, 1.165) is 25.7 Å². The number of carbonyl (C=O) groups is 1. The Labute approximate surface area is 84.5 Å². The largest absolute Gasteiger partial charge is 0.502 e. The van der Waals surface area contributed by atoms with Gasteiger partial charge in [-0.05, 0) is 25.7 Å². The van der Waals surface area contributed by atoms with Crippen molar-refractivity contribution in [2.24, 2.45) is 5.73 Å². The molecule has 0 bridgehead atoms. The van der Waals surface area contributed by atoms with Crippen molar-refractivity contribution in [1.29, 1.82) is 0 Å². The highest BCUT2D eigenvalue weighted by atomic mass is 16.5. The number of ether oxygens (including phenoxy) is 1. The first-order valence-corrected chi connectivity index (χ1v) is 4.99. The number of amides is 1. The fourth-order valence-corrected chi connectivity index (χ4v) is 1.40. The molecule has 1 amide bonds. The molecule has 0 aromatic heterocycles. The van der Waals surface area contributed by atoms with E-state index in [-0.39, 0.29) is 5.91 Å². The monoisotopic (exact) mass is 198 g/mol. The third-order valence-corrected chi connectivity index (χ3v) is 2.54. The van der Waals surface area contributed by atoms with Gasteiger partial charge in [0.15, 0.2) is 0 Å². The maximum atomic E-state index is 11.5. The lowest BCUT2D eigenvalue weighted by Gasteiger charge is -2.36. The van der Waals surface area contributed by atoms with E-state index in [4.69, 9.17) is 10.5 Å². The lowest BCUT2D eigenvalue weighted by Crippen LogP contribution is -2.58. The summed E-state index contributed by atoms with van der Waals surface area (Å²) in [5.41, 5.74) is 5.24. The molecule has 0 aromatic rings. The fourth-order valence-electron chi connectivity index (χ4n) is 1.40. The minimum absolute atomic E-state index is 0.0256. The molecule has 14 heavy (non-hydrogen) atoms. The summed E-state index contributed by atoms with van der Waals surface area (Å²) in [5, 5.41) is 2.81. The summed E-state index contributed by atoms with van der Waals surface area (Å²) in [7, 11) is 0. The molecular weight excluding hydrogens is 180 g/mol. The molecule has 0 saturated heterocycles. The van der Waals surface area contributed by atoms with Crippen LogP contribution >= 0.6 is 0 Å². The zero-order valence-corrected chi connectivity index (χ0v) is 8.42. The minimum atomic E-state index is -0.584. The van der Waals surface area contributed by atoms with Crippen molar-refractivity contribution in [3.63, 3.8) is 0 Å². The van der Waals surface area contributed by atoms with E-state index in [1.807, 2.05) is 0 Å². The van der Waals surface area contributed by atoms with Crippen molar-refractivity contribution in [1.82, 2.24) is 5.32 Å². The van der Waals surface area contributed by atoms with Crippen LogP contribution in [0.5, 0.6) is 0 Å². The Kier molecular flexibility index (Phi) is 3.95. The number of nitrogens with two attached hydrogens (primary N) is 1. The number of rotatable bonds is 6. The van der Waals surface area contributed by atoms with Crippen LogP contribution in [0, 0.1) is 0 Å². The van der Waals surface area contributed by atoms with Crippen LogP contribution in [0.3, 0.4) is 0 Å². The van der Waals surface area contributed by atoms with Gasteiger partial charge in [-0.1, -0.05) is 6.58 Å². The number of carbonyl (C=O) groups excluding carboxylic acids is 1. The van der Waals surface area contributed by atoms with Gasteiger partial charge in [-0.3, -0.25) is 4.79 Å². The molecule has 0 unspecified atom stereocenters. The van der Waals surface area contributed by atoms with Crippen molar-refractivity contribution in [2.45, 2.75) is 31.2 Å². The van der Waals surface area contributed by atoms with Gasteiger partial charge in [0.2, 0.25) is 5.91 Å². The van der Waals surface area contributed by atoms with Crippen molar-refractivity contribution in [2.75, 3.05) is 13.2 Å². The smallest absolute Gasteiger partial charge is 0.240 e. The summed E-state index contributed by atoms with van der Waals surface area (Å²) in [5.74, 6) is -0.0256. The van der Waals surface area contributed by atoms with Gasteiger partial charge in [0.05, 0.1) is 18.4 Å². The molecule has 0 heterocycles. The van der Waals surface area contributed by atoms with E-state index in [2.05, 4.69) is 11.9 Å². The van der Waals surface area contributed by atoms with E-state index < -0.39 is 5.54 Å². The van der Waals surface area contributed by atoms with E-state index >= 15 is 0 Å². The van der Waals surface area contributed by atoms with Gasteiger partial charge >= 0.3 is 0 Å².